The fourth-order valence-corrected chi connectivity index (χ4v) is 1.99. The van der Waals surface area contributed by atoms with Gasteiger partial charge in [-0.3, -0.25) is 9.58 Å². The average Bonchev–Trinajstić information content (AvgIpc) is 2.44. The first-order valence-electron chi connectivity index (χ1n) is 5.54. The van der Waals surface area contributed by atoms with Crippen LogP contribution in [-0.2, 0) is 13.1 Å². The molecular formula is C11H20ClN3O. The number of hydrogen-bond donors (Lipinski definition) is 1. The number of nitrogens with zero attached hydrogens (tertiary/aromatic N) is 3. The van der Waals surface area contributed by atoms with Gasteiger partial charge in [0, 0.05) is 19.6 Å². The van der Waals surface area contributed by atoms with Crippen LogP contribution in [0.25, 0.3) is 0 Å². The first-order valence-corrected chi connectivity index (χ1v) is 5.91. The minimum atomic E-state index is -0.331. The number of aliphatic hydroxyl groups excluding tert-OH is 1. The average molecular weight is 246 g/mol. The van der Waals surface area contributed by atoms with E-state index in [9.17, 15) is 5.11 Å². The Kier molecular flexibility index (Phi) is 4.77. The van der Waals surface area contributed by atoms with Gasteiger partial charge in [0.1, 0.15) is 0 Å². The first-order chi connectivity index (χ1) is 7.45. The second kappa shape index (κ2) is 5.66. The molecule has 0 saturated carbocycles. The smallest absolute Gasteiger partial charge is 0.0860 e. The van der Waals surface area contributed by atoms with Gasteiger partial charge in [-0.05, 0) is 27.8 Å². The molecule has 0 aromatic carbocycles. The van der Waals surface area contributed by atoms with Gasteiger partial charge >= 0.3 is 0 Å². The SMILES string of the molecule is CCn1nc(C)c(Cl)c1CN(C)CC(C)O. The van der Waals surface area contributed by atoms with Crippen LogP contribution in [0, 0.1) is 6.92 Å². The van der Waals surface area contributed by atoms with Crippen LogP contribution in [0.2, 0.25) is 5.02 Å². The molecule has 0 amide bonds. The fraction of sp³-hybridized carbons (Fsp3) is 0.727. The minimum absolute atomic E-state index is 0.331. The molecule has 0 bridgehead atoms. The van der Waals surface area contributed by atoms with Gasteiger partial charge in [-0.15, -0.1) is 0 Å². The maximum atomic E-state index is 9.30. The van der Waals surface area contributed by atoms with Crippen LogP contribution in [0.3, 0.4) is 0 Å². The number of likely N-dealkylation sites (N-methyl/N-ethyl adjacent to an activating group) is 1. The highest BCUT2D eigenvalue weighted by Crippen LogP contribution is 2.21. The summed E-state index contributed by atoms with van der Waals surface area (Å²) in [6.45, 7) is 7.88. The molecule has 1 N–H and O–H groups in total. The third-order valence-corrected chi connectivity index (χ3v) is 2.94. The number of halogens is 1. The third-order valence-electron chi connectivity index (χ3n) is 2.45. The molecule has 4 nitrogen and oxygen atoms in total. The quantitative estimate of drug-likeness (QED) is 0.858. The number of aryl methyl sites for hydroxylation is 2. The molecule has 0 aliphatic heterocycles. The molecule has 1 aromatic heterocycles. The molecule has 0 fully saturated rings. The molecule has 0 aliphatic carbocycles. The number of aromatic nitrogens is 2. The molecule has 1 aromatic rings. The van der Waals surface area contributed by atoms with Gasteiger partial charge in [0.15, 0.2) is 0 Å². The van der Waals surface area contributed by atoms with Gasteiger partial charge in [0.2, 0.25) is 0 Å². The summed E-state index contributed by atoms with van der Waals surface area (Å²) in [5, 5.41) is 14.4. The first kappa shape index (κ1) is 13.5. The van der Waals surface area contributed by atoms with Crippen LogP contribution in [-0.4, -0.2) is 39.5 Å². The molecule has 16 heavy (non-hydrogen) atoms. The fourth-order valence-electron chi connectivity index (χ4n) is 1.79. The number of aliphatic hydroxyl groups is 1. The lowest BCUT2D eigenvalue weighted by Crippen LogP contribution is -2.27. The van der Waals surface area contributed by atoms with Crippen molar-refractivity contribution in [3.05, 3.63) is 16.4 Å². The normalized spacial score (nSPS) is 13.4. The lowest BCUT2D eigenvalue weighted by atomic mass is 10.3. The van der Waals surface area contributed by atoms with Gasteiger partial charge < -0.3 is 5.11 Å². The van der Waals surface area contributed by atoms with Crippen LogP contribution >= 0.6 is 11.6 Å². The van der Waals surface area contributed by atoms with E-state index in [1.165, 1.54) is 0 Å². The van der Waals surface area contributed by atoms with Crippen molar-refractivity contribution in [3.8, 4) is 0 Å². The molecule has 1 atom stereocenters. The lowest BCUT2D eigenvalue weighted by molar-refractivity contribution is 0.137. The van der Waals surface area contributed by atoms with E-state index >= 15 is 0 Å². The highest BCUT2D eigenvalue weighted by atomic mass is 35.5. The van der Waals surface area contributed by atoms with Crippen LogP contribution < -0.4 is 0 Å². The summed E-state index contributed by atoms with van der Waals surface area (Å²) >= 11 is 6.20. The largest absolute Gasteiger partial charge is 0.392 e. The van der Waals surface area contributed by atoms with Crippen molar-refractivity contribution in [1.82, 2.24) is 14.7 Å². The Bertz CT molecular complexity index is 349. The second-order valence-electron chi connectivity index (χ2n) is 4.21. The van der Waals surface area contributed by atoms with Crippen molar-refractivity contribution in [1.29, 1.82) is 0 Å². The lowest BCUT2D eigenvalue weighted by Gasteiger charge is -2.18. The van der Waals surface area contributed by atoms with Gasteiger partial charge in [0.25, 0.3) is 0 Å². The Morgan fingerprint density at radius 1 is 1.56 bits per heavy atom. The zero-order valence-electron chi connectivity index (χ0n) is 10.4. The molecule has 5 heteroatoms. The van der Waals surface area contributed by atoms with Crippen LogP contribution in [0.1, 0.15) is 25.2 Å². The Morgan fingerprint density at radius 3 is 2.69 bits per heavy atom. The molecule has 1 unspecified atom stereocenters. The van der Waals surface area contributed by atoms with E-state index < -0.39 is 0 Å². The van der Waals surface area contributed by atoms with Crippen LogP contribution in [0.5, 0.6) is 0 Å². The Labute approximate surface area is 102 Å². The summed E-state index contributed by atoms with van der Waals surface area (Å²) in [5.74, 6) is 0. The molecular weight excluding hydrogens is 226 g/mol. The Hall–Kier alpha value is -0.580. The summed E-state index contributed by atoms with van der Waals surface area (Å²) in [4.78, 5) is 2.04. The van der Waals surface area contributed by atoms with Crippen molar-refractivity contribution in [3.63, 3.8) is 0 Å². The molecule has 0 radical (unpaired) electrons. The number of rotatable bonds is 5. The molecule has 0 aliphatic rings. The predicted octanol–water partition coefficient (Wildman–Crippen LogP) is 1.68. The van der Waals surface area contributed by atoms with Crippen molar-refractivity contribution in [2.75, 3.05) is 13.6 Å². The van der Waals surface area contributed by atoms with E-state index in [0.717, 1.165) is 23.0 Å². The summed E-state index contributed by atoms with van der Waals surface area (Å²) in [6, 6.07) is 0. The predicted molar refractivity (Wildman–Crippen MR) is 65.7 cm³/mol. The van der Waals surface area contributed by atoms with Crippen molar-refractivity contribution < 1.29 is 5.11 Å². The molecule has 1 rings (SSSR count). The molecule has 92 valence electrons. The third kappa shape index (κ3) is 3.20. The summed E-state index contributed by atoms with van der Waals surface area (Å²) in [5.41, 5.74) is 1.88. The summed E-state index contributed by atoms with van der Waals surface area (Å²) < 4.78 is 1.91. The van der Waals surface area contributed by atoms with Gasteiger partial charge in [-0.1, -0.05) is 11.6 Å². The van der Waals surface area contributed by atoms with E-state index in [1.54, 1.807) is 6.92 Å². The second-order valence-corrected chi connectivity index (χ2v) is 4.59. The van der Waals surface area contributed by atoms with E-state index in [0.29, 0.717) is 13.1 Å². The minimum Gasteiger partial charge on any atom is -0.392 e. The van der Waals surface area contributed by atoms with E-state index in [-0.39, 0.29) is 6.10 Å². The molecule has 0 spiro atoms. The summed E-state index contributed by atoms with van der Waals surface area (Å²) in [7, 11) is 1.96. The Morgan fingerprint density at radius 2 is 2.19 bits per heavy atom. The zero-order chi connectivity index (χ0) is 12.3. The monoisotopic (exact) mass is 245 g/mol. The Balaban J connectivity index is 2.79. The maximum absolute atomic E-state index is 9.30. The topological polar surface area (TPSA) is 41.3 Å². The molecule has 0 saturated heterocycles. The molecule has 1 heterocycles. The van der Waals surface area contributed by atoms with Gasteiger partial charge in [-0.25, -0.2) is 0 Å². The van der Waals surface area contributed by atoms with E-state index in [4.69, 9.17) is 11.6 Å². The van der Waals surface area contributed by atoms with Crippen molar-refractivity contribution >= 4 is 11.6 Å². The van der Waals surface area contributed by atoms with E-state index in [2.05, 4.69) is 5.10 Å². The van der Waals surface area contributed by atoms with Crippen molar-refractivity contribution in [2.24, 2.45) is 0 Å². The van der Waals surface area contributed by atoms with Crippen LogP contribution in [0.4, 0.5) is 0 Å². The standard InChI is InChI=1S/C11H20ClN3O/c1-5-15-10(11(12)9(3)13-15)7-14(4)6-8(2)16/h8,16H,5-7H2,1-4H3. The number of hydrogen-bond acceptors (Lipinski definition) is 3. The van der Waals surface area contributed by atoms with Crippen molar-refractivity contribution in [2.45, 2.75) is 40.0 Å². The highest BCUT2D eigenvalue weighted by molar-refractivity contribution is 6.31. The van der Waals surface area contributed by atoms with Crippen LogP contribution in [0.15, 0.2) is 0 Å². The maximum Gasteiger partial charge on any atom is 0.0860 e. The zero-order valence-corrected chi connectivity index (χ0v) is 11.1. The summed E-state index contributed by atoms with van der Waals surface area (Å²) in [6.07, 6.45) is -0.331. The highest BCUT2D eigenvalue weighted by Gasteiger charge is 2.14. The van der Waals surface area contributed by atoms with Gasteiger partial charge in [0.05, 0.1) is 22.5 Å². The van der Waals surface area contributed by atoms with Gasteiger partial charge in [-0.2, -0.15) is 5.10 Å². The van der Waals surface area contributed by atoms with E-state index in [1.807, 2.05) is 30.5 Å².